The molecule has 2 aliphatic rings. The molecule has 9 heteroatoms. The summed E-state index contributed by atoms with van der Waals surface area (Å²) in [7, 11) is 0. The van der Waals surface area contributed by atoms with E-state index in [9.17, 15) is 18.8 Å². The lowest BCUT2D eigenvalue weighted by Crippen LogP contribution is -2.32. The molecule has 3 aromatic rings. The molecule has 0 fully saturated rings. The Morgan fingerprint density at radius 1 is 1.19 bits per heavy atom. The fourth-order valence-corrected chi connectivity index (χ4v) is 4.60. The van der Waals surface area contributed by atoms with Gasteiger partial charge >= 0.3 is 11.7 Å². The lowest BCUT2D eigenvalue weighted by atomic mass is 9.90. The van der Waals surface area contributed by atoms with Gasteiger partial charge in [-0.05, 0) is 62.2 Å². The molecule has 190 valence electrons. The van der Waals surface area contributed by atoms with Crippen molar-refractivity contribution in [2.75, 3.05) is 4.90 Å². The molecule has 0 aliphatic carbocycles. The Bertz CT molecular complexity index is 1570. The van der Waals surface area contributed by atoms with Gasteiger partial charge in [0.1, 0.15) is 28.5 Å². The van der Waals surface area contributed by atoms with Gasteiger partial charge in [0, 0.05) is 6.07 Å². The van der Waals surface area contributed by atoms with Crippen LogP contribution in [-0.4, -0.2) is 17.4 Å². The number of amides is 2. The second-order valence-electron chi connectivity index (χ2n) is 9.51. The van der Waals surface area contributed by atoms with Gasteiger partial charge in [0.25, 0.3) is 0 Å². The number of urea groups is 1. The molecule has 2 N–H and O–H groups in total. The molecule has 1 aromatic heterocycles. The average Bonchev–Trinajstić information content (AvgIpc) is 2.82. The maximum absolute atomic E-state index is 13.5. The molecule has 3 heterocycles. The third-order valence-corrected chi connectivity index (χ3v) is 6.21. The van der Waals surface area contributed by atoms with Crippen molar-refractivity contribution < 1.29 is 27.9 Å². The molecule has 2 amide bonds. The maximum atomic E-state index is 13.5. The van der Waals surface area contributed by atoms with E-state index in [1.807, 2.05) is 32.9 Å². The van der Waals surface area contributed by atoms with Crippen LogP contribution in [0.25, 0.3) is 17.0 Å². The van der Waals surface area contributed by atoms with Gasteiger partial charge in [-0.25, -0.2) is 14.0 Å². The summed E-state index contributed by atoms with van der Waals surface area (Å²) in [5.41, 5.74) is 6.13. The molecule has 0 saturated heterocycles. The number of carbonyl (C=O) groups excluding carboxylic acids is 2. The zero-order valence-corrected chi connectivity index (χ0v) is 20.6. The minimum absolute atomic E-state index is 0.116. The summed E-state index contributed by atoms with van der Waals surface area (Å²) in [6.45, 7) is 5.77. The smallest absolute Gasteiger partial charge is 0.336 e. The number of ketones is 1. The molecule has 0 unspecified atom stereocenters. The Morgan fingerprint density at radius 2 is 1.92 bits per heavy atom. The summed E-state index contributed by atoms with van der Waals surface area (Å²) in [5.74, 6) is -0.0906. The van der Waals surface area contributed by atoms with E-state index in [0.29, 0.717) is 28.8 Å². The van der Waals surface area contributed by atoms with Crippen molar-refractivity contribution in [1.29, 1.82) is 0 Å². The quantitative estimate of drug-likeness (QED) is 0.472. The van der Waals surface area contributed by atoms with Crippen molar-refractivity contribution in [3.63, 3.8) is 0 Å². The van der Waals surface area contributed by atoms with Gasteiger partial charge in [0.15, 0.2) is 17.1 Å². The van der Waals surface area contributed by atoms with Crippen LogP contribution in [0.4, 0.5) is 14.9 Å². The summed E-state index contributed by atoms with van der Waals surface area (Å²) in [5, 5.41) is 0.571. The minimum atomic E-state index is -0.846. The molecule has 37 heavy (non-hydrogen) atoms. The summed E-state index contributed by atoms with van der Waals surface area (Å²) in [6.07, 6.45) is 6.11. The number of fused-ring (bicyclic) bond motifs is 6. The van der Waals surface area contributed by atoms with Gasteiger partial charge in [-0.15, -0.1) is 0 Å². The number of anilines is 1. The summed E-state index contributed by atoms with van der Waals surface area (Å²) >= 11 is 0. The van der Waals surface area contributed by atoms with Crippen LogP contribution in [0.5, 0.6) is 11.5 Å². The highest BCUT2D eigenvalue weighted by atomic mass is 19.1. The van der Waals surface area contributed by atoms with Crippen molar-refractivity contribution >= 4 is 34.5 Å². The molecule has 0 saturated carbocycles. The fraction of sp³-hybridized carbons (Fsp3) is 0.250. The topological polar surface area (TPSA) is 112 Å². The molecular formula is C28H25FN2O6. The first-order valence-corrected chi connectivity index (χ1v) is 11.9. The zero-order valence-electron chi connectivity index (χ0n) is 20.6. The number of halogens is 1. The number of nitrogens with two attached hydrogens (primary N) is 1. The standard InChI is InChI=1S/C28H25FN2O6/c1-4-5-15-12-21(33)36-26-22(15)25-19(10-11-28(2,3)37-25)24-23(26)20(32)13-18(35-24)14-31(27(30)34)17-8-6-16(29)7-9-17/h6-12,14H,4-5,13H2,1-3H3,(H2,30,34). The third-order valence-electron chi connectivity index (χ3n) is 6.21. The van der Waals surface area contributed by atoms with Crippen molar-refractivity contribution in [3.05, 3.63) is 81.3 Å². The molecule has 2 aromatic carbocycles. The molecule has 0 atom stereocenters. The van der Waals surface area contributed by atoms with Crippen LogP contribution in [0.1, 0.15) is 55.1 Å². The molecule has 0 bridgehead atoms. The molecule has 0 radical (unpaired) electrons. The molecule has 0 spiro atoms. The van der Waals surface area contributed by atoms with Gasteiger partial charge in [0.2, 0.25) is 0 Å². The highest BCUT2D eigenvalue weighted by Crippen LogP contribution is 2.49. The molecular weight excluding hydrogens is 479 g/mol. The van der Waals surface area contributed by atoms with Gasteiger partial charge in [0.05, 0.1) is 29.3 Å². The summed E-state index contributed by atoms with van der Waals surface area (Å²) < 4.78 is 31.5. The Labute approximate surface area is 211 Å². The number of rotatable bonds is 4. The summed E-state index contributed by atoms with van der Waals surface area (Å²) in [6, 6.07) is 5.73. The predicted molar refractivity (Wildman–Crippen MR) is 136 cm³/mol. The van der Waals surface area contributed by atoms with Crippen LogP contribution in [0.15, 0.2) is 57.6 Å². The number of hydrogen-bond donors (Lipinski definition) is 1. The third kappa shape index (κ3) is 4.37. The van der Waals surface area contributed by atoms with Crippen LogP contribution >= 0.6 is 0 Å². The fourth-order valence-electron chi connectivity index (χ4n) is 4.60. The summed E-state index contributed by atoms with van der Waals surface area (Å²) in [4.78, 5) is 39.2. The van der Waals surface area contributed by atoms with Crippen LogP contribution in [0.3, 0.4) is 0 Å². The van der Waals surface area contributed by atoms with E-state index in [1.54, 1.807) is 0 Å². The van der Waals surface area contributed by atoms with E-state index < -0.39 is 23.1 Å². The van der Waals surface area contributed by atoms with Gasteiger partial charge in [-0.3, -0.25) is 9.69 Å². The van der Waals surface area contributed by atoms with E-state index in [-0.39, 0.29) is 34.9 Å². The highest BCUT2D eigenvalue weighted by Gasteiger charge is 2.36. The number of hydrogen-bond acceptors (Lipinski definition) is 6. The van der Waals surface area contributed by atoms with E-state index in [1.165, 1.54) is 36.5 Å². The molecule has 5 rings (SSSR count). The number of carbonyl (C=O) groups is 2. The first kappa shape index (κ1) is 24.3. The number of benzene rings is 2. The molecule has 2 aliphatic heterocycles. The first-order chi connectivity index (χ1) is 17.6. The van der Waals surface area contributed by atoms with Gasteiger partial charge in [-0.1, -0.05) is 13.3 Å². The first-order valence-electron chi connectivity index (χ1n) is 11.9. The van der Waals surface area contributed by atoms with E-state index >= 15 is 0 Å². The van der Waals surface area contributed by atoms with Crippen LogP contribution in [-0.2, 0) is 6.42 Å². The Hall–Kier alpha value is -4.40. The Balaban J connectivity index is 1.72. The van der Waals surface area contributed by atoms with E-state index in [4.69, 9.17) is 19.6 Å². The van der Waals surface area contributed by atoms with E-state index in [0.717, 1.165) is 16.9 Å². The van der Waals surface area contributed by atoms with Crippen molar-refractivity contribution in [2.45, 2.75) is 45.6 Å². The van der Waals surface area contributed by atoms with Crippen LogP contribution in [0, 0.1) is 5.82 Å². The van der Waals surface area contributed by atoms with Crippen LogP contribution in [0.2, 0.25) is 0 Å². The number of primary amides is 1. The highest BCUT2D eigenvalue weighted by molar-refractivity contribution is 6.14. The average molecular weight is 505 g/mol. The Morgan fingerprint density at radius 3 is 2.59 bits per heavy atom. The van der Waals surface area contributed by atoms with Crippen molar-refractivity contribution in [2.24, 2.45) is 5.73 Å². The Kier molecular flexibility index (Phi) is 5.86. The second-order valence-corrected chi connectivity index (χ2v) is 9.51. The number of ether oxygens (including phenoxy) is 2. The maximum Gasteiger partial charge on any atom is 0.336 e. The minimum Gasteiger partial charge on any atom is -0.482 e. The number of allylic oxidation sites excluding steroid dienone is 1. The van der Waals surface area contributed by atoms with Crippen molar-refractivity contribution in [3.8, 4) is 11.5 Å². The monoisotopic (exact) mass is 504 g/mol. The lowest BCUT2D eigenvalue weighted by molar-refractivity contribution is 0.0963. The van der Waals surface area contributed by atoms with Crippen molar-refractivity contribution in [1.82, 2.24) is 0 Å². The zero-order chi connectivity index (χ0) is 26.5. The second kappa shape index (κ2) is 8.92. The van der Waals surface area contributed by atoms with Gasteiger partial charge in [-0.2, -0.15) is 0 Å². The number of Topliss-reactive ketones (excluding diaryl/α,β-unsaturated/α-hetero) is 1. The number of aryl methyl sites for hydroxylation is 1. The number of nitrogens with zero attached hydrogens (tertiary/aromatic N) is 1. The lowest BCUT2D eigenvalue weighted by Gasteiger charge is -2.32. The van der Waals surface area contributed by atoms with Gasteiger partial charge < -0.3 is 19.6 Å². The largest absolute Gasteiger partial charge is 0.482 e. The van der Waals surface area contributed by atoms with E-state index in [2.05, 4.69) is 0 Å². The molecule has 8 nitrogen and oxygen atoms in total. The normalized spacial score (nSPS) is 16.6. The SMILES string of the molecule is CCCc1cc(=O)oc2c3c(c4c(c12)OC(C)(C)C=C4)OC(=CN(C(N)=O)c1ccc(F)cc1)CC3=O. The predicted octanol–water partition coefficient (Wildman–Crippen LogP) is 5.46. The van der Waals surface area contributed by atoms with Crippen LogP contribution < -0.4 is 25.7 Å².